The van der Waals surface area contributed by atoms with E-state index in [2.05, 4.69) is 0 Å². The van der Waals surface area contributed by atoms with E-state index in [-0.39, 0.29) is 16.0 Å². The largest absolute Gasteiger partial charge is 0.618 e. The molecule has 0 spiro atoms. The number of carbonyl (C=O) groups is 2. The lowest BCUT2D eigenvalue weighted by molar-refractivity contribution is -0.608. The Hall–Kier alpha value is -3.30. The number of hydrogen-bond acceptors (Lipinski definition) is 6. The number of aromatic hydroxyl groups is 1. The zero-order valence-corrected chi connectivity index (χ0v) is 18.0. The molecule has 0 aliphatic rings. The number of benzene rings is 1. The van der Waals surface area contributed by atoms with E-state index >= 15 is 0 Å². The molecular formula is C22H24F3NO6. The molecule has 0 bridgehead atoms. The van der Waals surface area contributed by atoms with E-state index in [1.165, 1.54) is 52.1 Å². The van der Waals surface area contributed by atoms with Crippen molar-refractivity contribution in [2.45, 2.75) is 45.4 Å². The number of nitrogens with zero attached hydrogens (tertiary/aromatic N) is 1. The number of halogens is 3. The number of ketones is 1. The Labute approximate surface area is 183 Å². The van der Waals surface area contributed by atoms with E-state index in [1.54, 1.807) is 0 Å². The molecule has 0 radical (unpaired) electrons. The van der Waals surface area contributed by atoms with Gasteiger partial charge in [-0.2, -0.15) is 17.9 Å². The molecule has 1 N–H and O–H groups in total. The second-order valence-electron chi connectivity index (χ2n) is 7.45. The summed E-state index contributed by atoms with van der Waals surface area (Å²) in [6.45, 7) is 4.35. The van der Waals surface area contributed by atoms with Crippen LogP contribution in [0.2, 0.25) is 0 Å². The second-order valence-corrected chi connectivity index (χ2v) is 7.45. The number of methoxy groups -OCH3 is 1. The first-order valence-corrected chi connectivity index (χ1v) is 9.77. The number of alkyl halides is 3. The van der Waals surface area contributed by atoms with Gasteiger partial charge in [0.25, 0.3) is 0 Å². The molecule has 1 aromatic heterocycles. The fourth-order valence-electron chi connectivity index (χ4n) is 3.19. The molecule has 10 heteroatoms. The standard InChI is InChI=1S/C22H24F3NO6/c1-12(11-17(27)19-20(28)18(31-4)9-10-26(19)30)21(29)32-14(3)13(2)15-7-5-6-8-16(15)22(23,24)25/h5-10,12-14,28H,11H2,1-4H3/t12-,13-,14+/m1/s1. The summed E-state index contributed by atoms with van der Waals surface area (Å²) in [6, 6.07) is 6.21. The molecular weight excluding hydrogens is 431 g/mol. The lowest BCUT2D eigenvalue weighted by Gasteiger charge is -2.25. The molecule has 174 valence electrons. The first-order valence-electron chi connectivity index (χ1n) is 9.77. The van der Waals surface area contributed by atoms with Gasteiger partial charge in [-0.25, -0.2) is 0 Å². The highest BCUT2D eigenvalue weighted by Gasteiger charge is 2.36. The van der Waals surface area contributed by atoms with Gasteiger partial charge in [-0.05, 0) is 18.6 Å². The number of pyridine rings is 1. The van der Waals surface area contributed by atoms with Gasteiger partial charge in [0.15, 0.2) is 11.9 Å². The SMILES string of the molecule is COc1cc[n+]([O-])c(C(=O)C[C@@H](C)C(=O)O[C@@H](C)[C@@H](C)c2ccccc2C(F)(F)F)c1O. The first kappa shape index (κ1) is 25.0. The number of aromatic nitrogens is 1. The maximum atomic E-state index is 13.3. The van der Waals surface area contributed by atoms with Crippen LogP contribution in [0.3, 0.4) is 0 Å². The van der Waals surface area contributed by atoms with Gasteiger partial charge in [-0.3, -0.25) is 9.59 Å². The molecule has 0 fully saturated rings. The summed E-state index contributed by atoms with van der Waals surface area (Å²) in [5.74, 6) is -4.15. The Morgan fingerprint density at radius 2 is 1.78 bits per heavy atom. The van der Waals surface area contributed by atoms with E-state index in [0.29, 0.717) is 0 Å². The fourth-order valence-corrected chi connectivity index (χ4v) is 3.19. The molecule has 0 amide bonds. The molecule has 0 unspecified atom stereocenters. The molecule has 0 aliphatic heterocycles. The number of esters is 1. The number of rotatable bonds is 8. The lowest BCUT2D eigenvalue weighted by atomic mass is 9.91. The third kappa shape index (κ3) is 5.49. The van der Waals surface area contributed by atoms with E-state index in [0.717, 1.165) is 12.3 Å². The van der Waals surface area contributed by atoms with Gasteiger partial charge in [0.2, 0.25) is 11.5 Å². The summed E-state index contributed by atoms with van der Waals surface area (Å²) in [5.41, 5.74) is -1.41. The second kappa shape index (κ2) is 9.88. The van der Waals surface area contributed by atoms with Crippen LogP contribution in [-0.2, 0) is 15.7 Å². The molecule has 1 heterocycles. The van der Waals surface area contributed by atoms with Crippen LogP contribution < -0.4 is 9.47 Å². The summed E-state index contributed by atoms with van der Waals surface area (Å²) < 4.78 is 50.2. The zero-order valence-electron chi connectivity index (χ0n) is 18.0. The summed E-state index contributed by atoms with van der Waals surface area (Å²) in [4.78, 5) is 25.0. The molecule has 2 rings (SSSR count). The van der Waals surface area contributed by atoms with Crippen molar-refractivity contribution in [3.63, 3.8) is 0 Å². The molecule has 0 aliphatic carbocycles. The van der Waals surface area contributed by atoms with Crippen LogP contribution >= 0.6 is 0 Å². The zero-order chi connectivity index (χ0) is 24.2. The molecule has 32 heavy (non-hydrogen) atoms. The van der Waals surface area contributed by atoms with Crippen LogP contribution in [-0.4, -0.2) is 30.1 Å². The van der Waals surface area contributed by atoms with Crippen LogP contribution in [0, 0.1) is 11.1 Å². The minimum atomic E-state index is -4.55. The lowest BCUT2D eigenvalue weighted by Crippen LogP contribution is -2.35. The number of Topliss-reactive ketones (excluding diaryl/α,β-unsaturated/α-hetero) is 1. The number of carbonyl (C=O) groups excluding carboxylic acids is 2. The van der Waals surface area contributed by atoms with Crippen molar-refractivity contribution in [2.75, 3.05) is 7.11 Å². The van der Waals surface area contributed by atoms with Crippen LogP contribution in [0.1, 0.15) is 54.7 Å². The summed E-state index contributed by atoms with van der Waals surface area (Å²) in [7, 11) is 1.25. The first-order chi connectivity index (χ1) is 14.9. The highest BCUT2D eigenvalue weighted by Crippen LogP contribution is 2.36. The van der Waals surface area contributed by atoms with Crippen molar-refractivity contribution in [3.05, 3.63) is 58.6 Å². The van der Waals surface area contributed by atoms with Gasteiger partial charge in [0.1, 0.15) is 6.10 Å². The molecule has 7 nitrogen and oxygen atoms in total. The fraction of sp³-hybridized carbons (Fsp3) is 0.409. The third-order valence-electron chi connectivity index (χ3n) is 5.18. The van der Waals surface area contributed by atoms with E-state index < -0.39 is 59.3 Å². The van der Waals surface area contributed by atoms with E-state index in [4.69, 9.17) is 9.47 Å². The van der Waals surface area contributed by atoms with Crippen molar-refractivity contribution in [1.29, 1.82) is 0 Å². The summed E-state index contributed by atoms with van der Waals surface area (Å²) >= 11 is 0. The normalized spacial score (nSPS) is 14.3. The minimum Gasteiger partial charge on any atom is -0.618 e. The van der Waals surface area contributed by atoms with Crippen LogP contribution in [0.5, 0.6) is 11.5 Å². The molecule has 3 atom stereocenters. The molecule has 0 saturated heterocycles. The summed E-state index contributed by atoms with van der Waals surface area (Å²) in [6.07, 6.45) is -4.95. The Morgan fingerprint density at radius 1 is 1.16 bits per heavy atom. The highest BCUT2D eigenvalue weighted by molar-refractivity contribution is 5.98. The third-order valence-corrected chi connectivity index (χ3v) is 5.18. The van der Waals surface area contributed by atoms with Crippen molar-refractivity contribution in [3.8, 4) is 11.5 Å². The Kier molecular flexibility index (Phi) is 7.71. The highest BCUT2D eigenvalue weighted by atomic mass is 19.4. The Bertz CT molecular complexity index is 992. The molecule has 0 saturated carbocycles. The Balaban J connectivity index is 2.11. The average Bonchev–Trinajstić information content (AvgIpc) is 2.72. The van der Waals surface area contributed by atoms with Crippen LogP contribution in [0.4, 0.5) is 13.2 Å². The van der Waals surface area contributed by atoms with E-state index in [9.17, 15) is 33.1 Å². The minimum absolute atomic E-state index is 0.0160. The molecule has 1 aromatic carbocycles. The maximum Gasteiger partial charge on any atom is 0.416 e. The van der Waals surface area contributed by atoms with Gasteiger partial charge in [-0.15, -0.1) is 0 Å². The van der Waals surface area contributed by atoms with Gasteiger partial charge in [0.05, 0.1) is 18.6 Å². The monoisotopic (exact) mass is 455 g/mol. The van der Waals surface area contributed by atoms with Crippen LogP contribution in [0.25, 0.3) is 0 Å². The van der Waals surface area contributed by atoms with Gasteiger partial charge in [0, 0.05) is 18.4 Å². The smallest absolute Gasteiger partial charge is 0.416 e. The number of hydrogen-bond donors (Lipinski definition) is 1. The predicted octanol–water partition coefficient (Wildman–Crippen LogP) is 4.00. The predicted molar refractivity (Wildman–Crippen MR) is 107 cm³/mol. The maximum absolute atomic E-state index is 13.3. The number of ether oxygens (including phenoxy) is 2. The van der Waals surface area contributed by atoms with Crippen LogP contribution in [0.15, 0.2) is 36.5 Å². The van der Waals surface area contributed by atoms with Gasteiger partial charge in [-0.1, -0.05) is 32.0 Å². The van der Waals surface area contributed by atoms with Crippen molar-refractivity contribution in [1.82, 2.24) is 0 Å². The van der Waals surface area contributed by atoms with Gasteiger partial charge >= 0.3 is 17.8 Å². The van der Waals surface area contributed by atoms with Gasteiger partial charge < -0.3 is 19.8 Å². The average molecular weight is 455 g/mol. The van der Waals surface area contributed by atoms with Crippen molar-refractivity contribution < 1.29 is 42.1 Å². The topological polar surface area (TPSA) is 99.8 Å². The van der Waals surface area contributed by atoms with Crippen molar-refractivity contribution >= 4 is 11.8 Å². The van der Waals surface area contributed by atoms with Crippen molar-refractivity contribution in [2.24, 2.45) is 5.92 Å². The quantitative estimate of drug-likeness (QED) is 0.280. The van der Waals surface area contributed by atoms with E-state index in [1.807, 2.05) is 0 Å². The Morgan fingerprint density at radius 3 is 2.38 bits per heavy atom. The summed E-state index contributed by atoms with van der Waals surface area (Å²) in [5, 5.41) is 22.0. The molecule has 2 aromatic rings.